The van der Waals surface area contributed by atoms with Crippen LogP contribution < -0.4 is 5.32 Å². The smallest absolute Gasteiger partial charge is 0.252 e. The van der Waals surface area contributed by atoms with Gasteiger partial charge in [-0.3, -0.25) is 9.48 Å². The molecule has 2 heterocycles. The normalized spacial score (nSPS) is 24.3. The van der Waals surface area contributed by atoms with Crippen molar-refractivity contribution in [3.63, 3.8) is 0 Å². The van der Waals surface area contributed by atoms with Gasteiger partial charge in [-0.1, -0.05) is 12.8 Å². The fourth-order valence-corrected chi connectivity index (χ4v) is 3.76. The Hall–Kier alpha value is -1.95. The van der Waals surface area contributed by atoms with Crippen molar-refractivity contribution in [3.8, 4) is 0 Å². The van der Waals surface area contributed by atoms with E-state index >= 15 is 0 Å². The number of fused-ring (bicyclic) bond motifs is 1. The van der Waals surface area contributed by atoms with Crippen LogP contribution in [0.5, 0.6) is 0 Å². The largest absolute Gasteiger partial charge is 0.391 e. The lowest BCUT2D eigenvalue weighted by atomic mass is 9.92. The van der Waals surface area contributed by atoms with Crippen LogP contribution in [0.15, 0.2) is 6.07 Å². The van der Waals surface area contributed by atoms with E-state index in [1.807, 2.05) is 20.0 Å². The van der Waals surface area contributed by atoms with E-state index in [4.69, 9.17) is 4.98 Å². The van der Waals surface area contributed by atoms with Crippen molar-refractivity contribution in [1.82, 2.24) is 20.1 Å². The number of nitrogens with zero attached hydrogens (tertiary/aromatic N) is 3. The summed E-state index contributed by atoms with van der Waals surface area (Å²) in [5.74, 6) is 0.350. The molecular weight excluding hydrogens is 304 g/mol. The molecule has 0 aromatic carbocycles. The molecule has 2 N–H and O–H groups in total. The molecule has 0 saturated heterocycles. The van der Waals surface area contributed by atoms with Crippen molar-refractivity contribution in [2.75, 3.05) is 0 Å². The Labute approximate surface area is 141 Å². The molecule has 2 aliphatic carbocycles. The maximum Gasteiger partial charge on any atom is 0.252 e. The number of aromatic nitrogens is 3. The highest BCUT2D eigenvalue weighted by atomic mass is 16.3. The van der Waals surface area contributed by atoms with Gasteiger partial charge in [0.15, 0.2) is 5.65 Å². The topological polar surface area (TPSA) is 80.0 Å². The zero-order valence-corrected chi connectivity index (χ0v) is 14.2. The number of hydrogen-bond acceptors (Lipinski definition) is 4. The molecule has 24 heavy (non-hydrogen) atoms. The number of carbonyl (C=O) groups excluding carboxylic acids is 1. The number of carbonyl (C=O) groups is 1. The summed E-state index contributed by atoms with van der Waals surface area (Å²) in [5.41, 5.74) is 3.22. The van der Waals surface area contributed by atoms with Crippen molar-refractivity contribution >= 4 is 16.9 Å². The predicted molar refractivity (Wildman–Crippen MR) is 91.0 cm³/mol. The van der Waals surface area contributed by atoms with E-state index in [0.29, 0.717) is 11.5 Å². The van der Waals surface area contributed by atoms with E-state index in [-0.39, 0.29) is 11.9 Å². The molecule has 0 spiro atoms. The standard InChI is InChI=1S/C18H24N4O2/c1-10-16-12(18(24)20-13-5-3-4-6-15(13)23)9-14(11-7-8-11)19-17(16)22(2)21-10/h9,11,13,15,23H,3-8H2,1-2H3,(H,20,24). The number of aliphatic hydroxyl groups excluding tert-OH is 1. The summed E-state index contributed by atoms with van der Waals surface area (Å²) in [4.78, 5) is 17.7. The molecular formula is C18H24N4O2. The predicted octanol–water partition coefficient (Wildman–Crippen LogP) is 2.19. The number of amides is 1. The monoisotopic (exact) mass is 328 g/mol. The van der Waals surface area contributed by atoms with Crippen LogP contribution in [-0.4, -0.2) is 37.9 Å². The van der Waals surface area contributed by atoms with Crippen LogP contribution in [0.4, 0.5) is 0 Å². The highest BCUT2D eigenvalue weighted by molar-refractivity contribution is 6.06. The van der Waals surface area contributed by atoms with Crippen molar-refractivity contribution in [3.05, 3.63) is 23.0 Å². The molecule has 0 bridgehead atoms. The zero-order valence-electron chi connectivity index (χ0n) is 14.2. The molecule has 4 rings (SSSR count). The van der Waals surface area contributed by atoms with Gasteiger partial charge in [-0.25, -0.2) is 4.98 Å². The Morgan fingerprint density at radius 2 is 2.04 bits per heavy atom. The average molecular weight is 328 g/mol. The summed E-state index contributed by atoms with van der Waals surface area (Å²) in [5, 5.41) is 18.5. The Balaban J connectivity index is 1.72. The summed E-state index contributed by atoms with van der Waals surface area (Å²) < 4.78 is 1.75. The molecule has 0 aliphatic heterocycles. The van der Waals surface area contributed by atoms with Gasteiger partial charge >= 0.3 is 0 Å². The Bertz CT molecular complexity index is 794. The molecule has 6 heteroatoms. The maximum atomic E-state index is 12.9. The summed E-state index contributed by atoms with van der Waals surface area (Å²) in [6.07, 6.45) is 5.50. The van der Waals surface area contributed by atoms with E-state index in [2.05, 4.69) is 10.4 Å². The van der Waals surface area contributed by atoms with Crippen LogP contribution in [0.1, 0.15) is 66.2 Å². The fraction of sp³-hybridized carbons (Fsp3) is 0.611. The summed E-state index contributed by atoms with van der Waals surface area (Å²) in [7, 11) is 1.87. The van der Waals surface area contributed by atoms with E-state index < -0.39 is 6.10 Å². The number of aliphatic hydroxyl groups is 1. The van der Waals surface area contributed by atoms with Gasteiger partial charge in [0.1, 0.15) is 0 Å². The van der Waals surface area contributed by atoms with Crippen LogP contribution in [-0.2, 0) is 7.05 Å². The fourth-order valence-electron chi connectivity index (χ4n) is 3.76. The van der Waals surface area contributed by atoms with Crippen LogP contribution in [0.25, 0.3) is 11.0 Å². The molecule has 2 fully saturated rings. The zero-order chi connectivity index (χ0) is 16.8. The second kappa shape index (κ2) is 5.84. The van der Waals surface area contributed by atoms with E-state index in [0.717, 1.165) is 60.9 Å². The average Bonchev–Trinajstić information content (AvgIpc) is 3.36. The number of pyridine rings is 1. The van der Waals surface area contributed by atoms with Gasteiger partial charge < -0.3 is 10.4 Å². The number of aryl methyl sites for hydroxylation is 2. The summed E-state index contributed by atoms with van der Waals surface area (Å²) in [6, 6.07) is 1.77. The Kier molecular flexibility index (Phi) is 3.79. The minimum atomic E-state index is -0.446. The Morgan fingerprint density at radius 3 is 2.75 bits per heavy atom. The van der Waals surface area contributed by atoms with Gasteiger partial charge in [0.25, 0.3) is 5.91 Å². The highest BCUT2D eigenvalue weighted by Crippen LogP contribution is 2.40. The number of nitrogens with one attached hydrogen (secondary N) is 1. The first kappa shape index (κ1) is 15.6. The first-order valence-electron chi connectivity index (χ1n) is 8.87. The lowest BCUT2D eigenvalue weighted by Gasteiger charge is -2.28. The molecule has 6 nitrogen and oxygen atoms in total. The summed E-state index contributed by atoms with van der Waals surface area (Å²) in [6.45, 7) is 1.91. The van der Waals surface area contributed by atoms with E-state index in [1.165, 1.54) is 0 Å². The van der Waals surface area contributed by atoms with Crippen molar-refractivity contribution < 1.29 is 9.90 Å². The van der Waals surface area contributed by atoms with Crippen molar-refractivity contribution in [1.29, 1.82) is 0 Å². The van der Waals surface area contributed by atoms with Crippen LogP contribution in [0.3, 0.4) is 0 Å². The lowest BCUT2D eigenvalue weighted by molar-refractivity contribution is 0.0718. The quantitative estimate of drug-likeness (QED) is 0.905. The molecule has 2 saturated carbocycles. The SMILES string of the molecule is Cc1nn(C)c2nc(C3CC3)cc(C(=O)NC3CCCCC3O)c12. The molecule has 2 aromatic heterocycles. The Morgan fingerprint density at radius 1 is 1.29 bits per heavy atom. The van der Waals surface area contributed by atoms with Gasteiger partial charge in [0.05, 0.1) is 28.8 Å². The van der Waals surface area contributed by atoms with Crippen LogP contribution in [0, 0.1) is 6.92 Å². The van der Waals surface area contributed by atoms with Gasteiger partial charge in [0, 0.05) is 18.7 Å². The minimum absolute atomic E-state index is 0.119. The number of hydrogen-bond donors (Lipinski definition) is 2. The maximum absolute atomic E-state index is 12.9. The highest BCUT2D eigenvalue weighted by Gasteiger charge is 2.30. The van der Waals surface area contributed by atoms with Crippen molar-refractivity contribution in [2.45, 2.75) is 63.5 Å². The van der Waals surface area contributed by atoms with Gasteiger partial charge in [-0.2, -0.15) is 5.10 Å². The minimum Gasteiger partial charge on any atom is -0.391 e. The summed E-state index contributed by atoms with van der Waals surface area (Å²) >= 11 is 0. The van der Waals surface area contributed by atoms with E-state index in [1.54, 1.807) is 4.68 Å². The third kappa shape index (κ3) is 2.69. The van der Waals surface area contributed by atoms with E-state index in [9.17, 15) is 9.90 Å². The molecule has 2 unspecified atom stereocenters. The molecule has 128 valence electrons. The third-order valence-electron chi connectivity index (χ3n) is 5.27. The first-order valence-corrected chi connectivity index (χ1v) is 8.87. The molecule has 2 aliphatic rings. The van der Waals surface area contributed by atoms with Gasteiger partial charge in [-0.05, 0) is 38.7 Å². The van der Waals surface area contributed by atoms with Crippen LogP contribution in [0.2, 0.25) is 0 Å². The third-order valence-corrected chi connectivity index (χ3v) is 5.27. The van der Waals surface area contributed by atoms with Crippen LogP contribution >= 0.6 is 0 Å². The molecule has 1 amide bonds. The van der Waals surface area contributed by atoms with Crippen molar-refractivity contribution in [2.24, 2.45) is 7.05 Å². The molecule has 0 radical (unpaired) electrons. The second-order valence-corrected chi connectivity index (χ2v) is 7.21. The number of rotatable bonds is 3. The molecule has 2 aromatic rings. The lowest BCUT2D eigenvalue weighted by Crippen LogP contribution is -2.45. The molecule has 2 atom stereocenters. The second-order valence-electron chi connectivity index (χ2n) is 7.21. The first-order chi connectivity index (χ1) is 11.5. The van der Waals surface area contributed by atoms with Gasteiger partial charge in [-0.15, -0.1) is 0 Å². The van der Waals surface area contributed by atoms with Gasteiger partial charge in [0.2, 0.25) is 0 Å².